The van der Waals surface area contributed by atoms with Crippen LogP contribution in [0.1, 0.15) is 36.7 Å². The zero-order chi connectivity index (χ0) is 26.1. The van der Waals surface area contributed by atoms with Gasteiger partial charge in [-0.15, -0.1) is 0 Å². The molecule has 1 aliphatic heterocycles. The summed E-state index contributed by atoms with van der Waals surface area (Å²) in [6.07, 6.45) is 2.11. The quantitative estimate of drug-likeness (QED) is 0.522. The van der Waals surface area contributed by atoms with Crippen LogP contribution < -0.4 is 20.1 Å². The molecule has 3 rings (SSSR count). The number of aromatic nitrogens is 1. The Morgan fingerprint density at radius 1 is 1.08 bits per heavy atom. The molecular weight excluding hydrogens is 458 g/mol. The number of anilines is 1. The van der Waals surface area contributed by atoms with Crippen LogP contribution in [0.4, 0.5) is 10.5 Å². The van der Waals surface area contributed by atoms with Crippen LogP contribution in [0.3, 0.4) is 0 Å². The fourth-order valence-electron chi connectivity index (χ4n) is 4.79. The van der Waals surface area contributed by atoms with Gasteiger partial charge < -0.3 is 29.9 Å². The monoisotopic (exact) mass is 497 g/mol. The second-order valence-corrected chi connectivity index (χ2v) is 9.13. The van der Waals surface area contributed by atoms with Crippen LogP contribution in [-0.2, 0) is 11.2 Å². The van der Waals surface area contributed by atoms with E-state index in [9.17, 15) is 9.59 Å². The van der Waals surface area contributed by atoms with Gasteiger partial charge in [-0.1, -0.05) is 0 Å². The Hall–Kier alpha value is -3.33. The van der Waals surface area contributed by atoms with Crippen LogP contribution in [0.5, 0.6) is 11.5 Å². The van der Waals surface area contributed by atoms with Gasteiger partial charge in [-0.2, -0.15) is 0 Å². The van der Waals surface area contributed by atoms with Crippen molar-refractivity contribution in [3.63, 3.8) is 0 Å². The number of benzene rings is 1. The molecule has 0 aliphatic carbocycles. The van der Waals surface area contributed by atoms with E-state index in [1.165, 1.54) is 0 Å². The van der Waals surface area contributed by atoms with Gasteiger partial charge in [0, 0.05) is 61.4 Å². The molecule has 1 aromatic heterocycles. The fraction of sp³-hybridized carbons (Fsp3) is 0.519. The first-order valence-electron chi connectivity index (χ1n) is 12.6. The summed E-state index contributed by atoms with van der Waals surface area (Å²) in [6.45, 7) is 9.63. The summed E-state index contributed by atoms with van der Waals surface area (Å²) in [5.41, 5.74) is 3.32. The summed E-state index contributed by atoms with van der Waals surface area (Å²) in [4.78, 5) is 34.1. The largest absolute Gasteiger partial charge is 0.497 e. The number of amides is 3. The lowest BCUT2D eigenvalue weighted by Crippen LogP contribution is -2.49. The molecule has 2 heterocycles. The van der Waals surface area contributed by atoms with E-state index in [0.717, 1.165) is 55.1 Å². The van der Waals surface area contributed by atoms with E-state index in [-0.39, 0.29) is 24.4 Å². The minimum atomic E-state index is -0.217. The number of urea groups is 1. The molecule has 36 heavy (non-hydrogen) atoms. The Bertz CT molecular complexity index is 1020. The van der Waals surface area contributed by atoms with E-state index in [0.29, 0.717) is 24.6 Å². The lowest BCUT2D eigenvalue weighted by molar-refractivity contribution is -0.133. The number of methoxy groups -OCH3 is 2. The minimum Gasteiger partial charge on any atom is -0.497 e. The topological polar surface area (TPSA) is 96.0 Å². The van der Waals surface area contributed by atoms with E-state index in [1.54, 1.807) is 14.2 Å². The average Bonchev–Trinajstić information content (AvgIpc) is 2.84. The molecule has 2 N–H and O–H groups in total. The third kappa shape index (κ3) is 7.58. The van der Waals surface area contributed by atoms with E-state index < -0.39 is 0 Å². The Morgan fingerprint density at radius 3 is 2.39 bits per heavy atom. The number of hydrogen-bond donors (Lipinski definition) is 2. The molecule has 1 saturated heterocycles. The maximum Gasteiger partial charge on any atom is 0.319 e. The molecule has 3 amide bonds. The van der Waals surface area contributed by atoms with Crippen molar-refractivity contribution in [2.24, 2.45) is 0 Å². The van der Waals surface area contributed by atoms with E-state index in [1.807, 2.05) is 56.0 Å². The number of pyridine rings is 1. The first-order chi connectivity index (χ1) is 17.3. The highest BCUT2D eigenvalue weighted by molar-refractivity contribution is 5.89. The van der Waals surface area contributed by atoms with Gasteiger partial charge in [0.15, 0.2) is 0 Å². The number of carbonyl (C=O) groups excluding carboxylic acids is 2. The lowest BCUT2D eigenvalue weighted by Gasteiger charge is -2.38. The van der Waals surface area contributed by atoms with Gasteiger partial charge in [-0.3, -0.25) is 9.78 Å². The smallest absolute Gasteiger partial charge is 0.319 e. The van der Waals surface area contributed by atoms with Crippen molar-refractivity contribution in [3.8, 4) is 11.5 Å². The second-order valence-electron chi connectivity index (χ2n) is 9.13. The summed E-state index contributed by atoms with van der Waals surface area (Å²) >= 11 is 0. The Morgan fingerprint density at radius 2 is 1.78 bits per heavy atom. The fourth-order valence-corrected chi connectivity index (χ4v) is 4.79. The second kappa shape index (κ2) is 13.1. The number of rotatable bonds is 10. The van der Waals surface area contributed by atoms with Gasteiger partial charge in [0.05, 0.1) is 20.6 Å². The highest BCUT2D eigenvalue weighted by atomic mass is 16.5. The molecule has 1 aromatic carbocycles. The summed E-state index contributed by atoms with van der Waals surface area (Å²) in [7, 11) is 3.23. The van der Waals surface area contributed by atoms with Gasteiger partial charge in [0.2, 0.25) is 5.91 Å². The predicted molar refractivity (Wildman–Crippen MR) is 141 cm³/mol. The molecule has 0 atom stereocenters. The highest BCUT2D eigenvalue weighted by Crippen LogP contribution is 2.26. The molecular formula is C27H39N5O4. The van der Waals surface area contributed by atoms with Crippen molar-refractivity contribution in [1.29, 1.82) is 0 Å². The van der Waals surface area contributed by atoms with E-state index >= 15 is 0 Å². The Balaban J connectivity index is 1.44. The molecule has 0 saturated carbocycles. The van der Waals surface area contributed by atoms with Gasteiger partial charge in [0.25, 0.3) is 0 Å². The zero-order valence-electron chi connectivity index (χ0n) is 22.1. The SMILES string of the molecule is CCN(C(=O)Cc1cc(OC)ccc1OC)C1CCN(CCNC(=O)Nc2cc(C)nc(C)c2)CC1. The van der Waals surface area contributed by atoms with Crippen molar-refractivity contribution in [1.82, 2.24) is 20.1 Å². The van der Waals surface area contributed by atoms with Gasteiger partial charge in [0.1, 0.15) is 11.5 Å². The van der Waals surface area contributed by atoms with E-state index in [2.05, 4.69) is 20.5 Å². The average molecular weight is 498 g/mol. The van der Waals surface area contributed by atoms with Crippen LogP contribution in [0.2, 0.25) is 0 Å². The molecule has 196 valence electrons. The number of likely N-dealkylation sites (N-methyl/N-ethyl adjacent to an activating group) is 1. The van der Waals surface area contributed by atoms with Gasteiger partial charge >= 0.3 is 6.03 Å². The van der Waals surface area contributed by atoms with Gasteiger partial charge in [-0.05, 0) is 63.9 Å². The normalized spacial score (nSPS) is 14.2. The first-order valence-corrected chi connectivity index (χ1v) is 12.6. The van der Waals surface area contributed by atoms with Crippen LogP contribution in [0, 0.1) is 13.8 Å². The summed E-state index contributed by atoms with van der Waals surface area (Å²) < 4.78 is 10.8. The predicted octanol–water partition coefficient (Wildman–Crippen LogP) is 3.39. The van der Waals surface area contributed by atoms with Crippen molar-refractivity contribution in [3.05, 3.63) is 47.3 Å². The molecule has 1 aliphatic rings. The number of piperidine rings is 1. The highest BCUT2D eigenvalue weighted by Gasteiger charge is 2.27. The summed E-state index contributed by atoms with van der Waals surface area (Å²) in [6, 6.07) is 9.23. The number of ether oxygens (including phenoxy) is 2. The molecule has 0 unspecified atom stereocenters. The maximum atomic E-state index is 13.2. The standard InChI is InChI=1S/C27H39N5O4/c1-6-32(26(33)18-21-17-24(35-4)7-8-25(21)36-5)23-9-12-31(13-10-23)14-11-28-27(34)30-22-15-19(2)29-20(3)16-22/h7-8,15-17,23H,6,9-14,18H2,1-5H3,(H2,28,29,30,34). The lowest BCUT2D eigenvalue weighted by atomic mass is 10.0. The number of likely N-dealkylation sites (tertiary alicyclic amines) is 1. The zero-order valence-corrected chi connectivity index (χ0v) is 22.1. The number of carbonyl (C=O) groups is 2. The Labute approximate surface area is 214 Å². The van der Waals surface area contributed by atoms with Crippen molar-refractivity contribution in [2.45, 2.75) is 46.1 Å². The maximum absolute atomic E-state index is 13.2. The molecule has 0 radical (unpaired) electrons. The van der Waals surface area contributed by atoms with Crippen molar-refractivity contribution >= 4 is 17.6 Å². The van der Waals surface area contributed by atoms with E-state index in [4.69, 9.17) is 9.47 Å². The van der Waals surface area contributed by atoms with Crippen LogP contribution in [0.25, 0.3) is 0 Å². The van der Waals surface area contributed by atoms with Crippen molar-refractivity contribution < 1.29 is 19.1 Å². The number of nitrogens with zero attached hydrogens (tertiary/aromatic N) is 3. The molecule has 2 aromatic rings. The third-order valence-electron chi connectivity index (χ3n) is 6.54. The minimum absolute atomic E-state index is 0.0995. The van der Waals surface area contributed by atoms with Crippen LogP contribution in [-0.4, -0.2) is 79.7 Å². The van der Waals surface area contributed by atoms with Crippen molar-refractivity contribution in [2.75, 3.05) is 52.3 Å². The van der Waals surface area contributed by atoms with Crippen LogP contribution in [0.15, 0.2) is 30.3 Å². The first kappa shape index (κ1) is 27.3. The molecule has 9 nitrogen and oxygen atoms in total. The third-order valence-corrected chi connectivity index (χ3v) is 6.54. The van der Waals surface area contributed by atoms with Crippen LogP contribution >= 0.6 is 0 Å². The molecule has 9 heteroatoms. The molecule has 1 fully saturated rings. The number of nitrogens with one attached hydrogen (secondary N) is 2. The number of aryl methyl sites for hydroxylation is 2. The van der Waals surface area contributed by atoms with Gasteiger partial charge in [-0.25, -0.2) is 4.79 Å². The Kier molecular flexibility index (Phi) is 9.93. The number of hydrogen-bond acceptors (Lipinski definition) is 6. The molecule has 0 spiro atoms. The summed E-state index contributed by atoms with van der Waals surface area (Å²) in [5.74, 6) is 1.51. The summed E-state index contributed by atoms with van der Waals surface area (Å²) in [5, 5.41) is 5.80. The molecule has 0 bridgehead atoms.